The number of carbonyl (C=O) groups is 2. The fraction of sp³-hybridized carbons (Fsp3) is 0.154. The fourth-order valence-corrected chi connectivity index (χ4v) is 3.87. The van der Waals surface area contributed by atoms with Crippen LogP contribution in [-0.4, -0.2) is 34.9 Å². The standard InChI is InChI=1S/C26H21F2N5O3/c1-26(27,28)18-6-2-4-16(10-18)21-8-9-22-24(32-21)33(14-20(34)12-30-22)25(35)31-19-7-3-5-17(11-19)23-13-29-15-36-23/h2-11,13,15,30H,12,14H2,1H3,(H,31,35). The second-order valence-electron chi connectivity index (χ2n) is 8.39. The molecule has 4 aromatic rings. The lowest BCUT2D eigenvalue weighted by atomic mass is 10.0. The Morgan fingerprint density at radius 2 is 1.92 bits per heavy atom. The lowest BCUT2D eigenvalue weighted by Gasteiger charge is -2.22. The predicted octanol–water partition coefficient (Wildman–Crippen LogP) is 5.55. The van der Waals surface area contributed by atoms with Gasteiger partial charge in [-0.1, -0.05) is 30.3 Å². The lowest BCUT2D eigenvalue weighted by Crippen LogP contribution is -2.39. The van der Waals surface area contributed by atoms with Gasteiger partial charge in [0.05, 0.1) is 30.7 Å². The van der Waals surface area contributed by atoms with Crippen molar-refractivity contribution < 1.29 is 22.8 Å². The van der Waals surface area contributed by atoms with E-state index in [1.807, 2.05) is 6.07 Å². The van der Waals surface area contributed by atoms with Crippen LogP contribution in [0.3, 0.4) is 0 Å². The Bertz CT molecular complexity index is 1430. The molecule has 182 valence electrons. The number of hydrogen-bond acceptors (Lipinski definition) is 6. The van der Waals surface area contributed by atoms with Crippen LogP contribution in [0.15, 0.2) is 77.7 Å². The maximum Gasteiger partial charge on any atom is 0.327 e. The van der Waals surface area contributed by atoms with Crippen molar-refractivity contribution in [1.29, 1.82) is 0 Å². The van der Waals surface area contributed by atoms with Crippen LogP contribution >= 0.6 is 0 Å². The number of fused-ring (bicyclic) bond motifs is 1. The highest BCUT2D eigenvalue weighted by atomic mass is 19.3. The number of alkyl halides is 2. The van der Waals surface area contributed by atoms with Gasteiger partial charge in [0.1, 0.15) is 0 Å². The number of benzene rings is 2. The van der Waals surface area contributed by atoms with Gasteiger partial charge in [-0.25, -0.2) is 23.5 Å². The summed E-state index contributed by atoms with van der Waals surface area (Å²) in [6, 6.07) is 15.7. The third-order valence-electron chi connectivity index (χ3n) is 5.68. The summed E-state index contributed by atoms with van der Waals surface area (Å²) in [6.45, 7) is 0.642. The molecule has 3 heterocycles. The number of carbonyl (C=O) groups excluding carboxylic acids is 2. The second kappa shape index (κ2) is 9.21. The molecule has 5 rings (SSSR count). The molecule has 0 atom stereocenters. The van der Waals surface area contributed by atoms with Gasteiger partial charge in [0, 0.05) is 29.3 Å². The Balaban J connectivity index is 1.48. The van der Waals surface area contributed by atoms with Crippen molar-refractivity contribution >= 4 is 29.0 Å². The average molecular weight is 489 g/mol. The molecule has 0 saturated heterocycles. The maximum absolute atomic E-state index is 13.9. The van der Waals surface area contributed by atoms with Crippen molar-refractivity contribution in [2.75, 3.05) is 28.6 Å². The Morgan fingerprint density at radius 1 is 1.11 bits per heavy atom. The molecule has 36 heavy (non-hydrogen) atoms. The SMILES string of the molecule is CC(F)(F)c1cccc(-c2ccc3c(n2)N(C(=O)Nc2cccc(-c4cnco4)c2)CC(=O)CN3)c1. The van der Waals surface area contributed by atoms with Crippen LogP contribution in [0.1, 0.15) is 12.5 Å². The summed E-state index contributed by atoms with van der Waals surface area (Å²) in [5, 5.41) is 5.79. The van der Waals surface area contributed by atoms with E-state index in [1.54, 1.807) is 42.6 Å². The van der Waals surface area contributed by atoms with Crippen LogP contribution in [-0.2, 0) is 10.7 Å². The molecule has 2 amide bonds. The summed E-state index contributed by atoms with van der Waals surface area (Å²) in [6.07, 6.45) is 2.87. The van der Waals surface area contributed by atoms with Gasteiger partial charge in [0.15, 0.2) is 23.8 Å². The number of nitrogens with zero attached hydrogens (tertiary/aromatic N) is 3. The fourth-order valence-electron chi connectivity index (χ4n) is 3.87. The molecule has 2 N–H and O–H groups in total. The summed E-state index contributed by atoms with van der Waals surface area (Å²) < 4.78 is 33.1. The third-order valence-corrected chi connectivity index (χ3v) is 5.68. The minimum Gasteiger partial charge on any atom is -0.444 e. The number of ketones is 1. The van der Waals surface area contributed by atoms with Gasteiger partial charge < -0.3 is 15.1 Å². The summed E-state index contributed by atoms with van der Waals surface area (Å²) in [5.74, 6) is -2.47. The van der Waals surface area contributed by atoms with Crippen molar-refractivity contribution in [1.82, 2.24) is 9.97 Å². The number of oxazole rings is 1. The van der Waals surface area contributed by atoms with Gasteiger partial charge in [-0.3, -0.25) is 9.69 Å². The number of hydrogen-bond donors (Lipinski definition) is 2. The molecule has 1 aliphatic heterocycles. The topological polar surface area (TPSA) is 100 Å². The van der Waals surface area contributed by atoms with Crippen molar-refractivity contribution in [2.45, 2.75) is 12.8 Å². The molecule has 0 saturated carbocycles. The molecule has 0 fully saturated rings. The summed E-state index contributed by atoms with van der Waals surface area (Å²) in [5.41, 5.74) is 2.38. The van der Waals surface area contributed by atoms with Crippen molar-refractivity contribution in [3.63, 3.8) is 0 Å². The largest absolute Gasteiger partial charge is 0.444 e. The average Bonchev–Trinajstić information content (AvgIpc) is 3.35. The van der Waals surface area contributed by atoms with Crippen LogP contribution in [0.2, 0.25) is 0 Å². The number of urea groups is 1. The normalized spacial score (nSPS) is 13.5. The van der Waals surface area contributed by atoms with E-state index in [9.17, 15) is 18.4 Å². The lowest BCUT2D eigenvalue weighted by molar-refractivity contribution is -0.116. The summed E-state index contributed by atoms with van der Waals surface area (Å²) >= 11 is 0. The van der Waals surface area contributed by atoms with E-state index >= 15 is 0 Å². The molecule has 2 aromatic heterocycles. The van der Waals surface area contributed by atoms with E-state index in [0.717, 1.165) is 6.92 Å². The highest BCUT2D eigenvalue weighted by Crippen LogP contribution is 2.33. The van der Waals surface area contributed by atoms with Gasteiger partial charge in [-0.2, -0.15) is 0 Å². The molecule has 0 aliphatic carbocycles. The first kappa shape index (κ1) is 23.2. The Morgan fingerprint density at radius 3 is 2.69 bits per heavy atom. The van der Waals surface area contributed by atoms with Gasteiger partial charge in [-0.15, -0.1) is 0 Å². The minimum atomic E-state index is -3.01. The van der Waals surface area contributed by atoms with Crippen LogP contribution in [0.25, 0.3) is 22.6 Å². The zero-order valence-electron chi connectivity index (χ0n) is 19.2. The number of pyridine rings is 1. The summed E-state index contributed by atoms with van der Waals surface area (Å²) in [4.78, 5) is 35.5. The number of Topliss-reactive ketones (excluding diaryl/α,β-unsaturated/α-hetero) is 1. The second-order valence-corrected chi connectivity index (χ2v) is 8.39. The number of anilines is 3. The van der Waals surface area contributed by atoms with Crippen molar-refractivity contribution in [2.24, 2.45) is 0 Å². The van der Waals surface area contributed by atoms with Gasteiger partial charge in [-0.05, 0) is 30.3 Å². The molecular formula is C26H21F2N5O3. The quantitative estimate of drug-likeness (QED) is 0.390. The number of aromatic nitrogens is 2. The molecule has 1 aliphatic rings. The first-order valence-electron chi connectivity index (χ1n) is 11.1. The monoisotopic (exact) mass is 489 g/mol. The number of amides is 2. The van der Waals surface area contributed by atoms with Crippen molar-refractivity contribution in [3.8, 4) is 22.6 Å². The van der Waals surface area contributed by atoms with E-state index in [4.69, 9.17) is 4.42 Å². The van der Waals surface area contributed by atoms with Crippen molar-refractivity contribution in [3.05, 3.63) is 78.8 Å². The van der Waals surface area contributed by atoms with E-state index in [-0.39, 0.29) is 30.3 Å². The maximum atomic E-state index is 13.9. The number of rotatable bonds is 4. The molecular weight excluding hydrogens is 468 g/mol. The Labute approximate surface area is 205 Å². The van der Waals surface area contributed by atoms with Gasteiger partial charge in [0.25, 0.3) is 5.92 Å². The van der Waals surface area contributed by atoms with E-state index in [1.165, 1.54) is 29.5 Å². The first-order valence-corrected chi connectivity index (χ1v) is 11.1. The molecule has 0 radical (unpaired) electrons. The molecule has 8 nitrogen and oxygen atoms in total. The van der Waals surface area contributed by atoms with Gasteiger partial charge >= 0.3 is 6.03 Å². The zero-order chi connectivity index (χ0) is 25.3. The number of nitrogens with one attached hydrogen (secondary N) is 2. The molecule has 10 heteroatoms. The van der Waals surface area contributed by atoms with Gasteiger partial charge in [0.2, 0.25) is 0 Å². The summed E-state index contributed by atoms with van der Waals surface area (Å²) in [7, 11) is 0. The van der Waals surface area contributed by atoms with Crippen LogP contribution in [0.4, 0.5) is 30.8 Å². The predicted molar refractivity (Wildman–Crippen MR) is 131 cm³/mol. The highest BCUT2D eigenvalue weighted by Gasteiger charge is 2.28. The Hall–Kier alpha value is -4.60. The third kappa shape index (κ3) is 4.78. The van der Waals surface area contributed by atoms with Crippen LogP contribution < -0.4 is 15.5 Å². The van der Waals surface area contributed by atoms with Crippen LogP contribution in [0, 0.1) is 0 Å². The zero-order valence-corrected chi connectivity index (χ0v) is 19.2. The van der Waals surface area contributed by atoms with E-state index in [0.29, 0.717) is 34.0 Å². The molecule has 0 bridgehead atoms. The van der Waals surface area contributed by atoms with Crippen LogP contribution in [0.5, 0.6) is 0 Å². The van der Waals surface area contributed by atoms with E-state index in [2.05, 4.69) is 20.6 Å². The molecule has 0 spiro atoms. The molecule has 0 unspecified atom stereocenters. The molecule has 2 aromatic carbocycles. The van der Waals surface area contributed by atoms with E-state index < -0.39 is 12.0 Å². The Kier molecular flexibility index (Phi) is 5.93. The first-order chi connectivity index (χ1) is 17.3. The smallest absolute Gasteiger partial charge is 0.327 e. The highest BCUT2D eigenvalue weighted by molar-refractivity contribution is 6.08. The number of halogens is 2. The minimum absolute atomic E-state index is 0.0241.